The maximum Gasteiger partial charge on any atom is 1.00 e. The molecule has 5 saturated heterocycles. The molecule has 16 atom stereocenters. The molecule has 64 heteroatoms. The molecule has 16 N–H and O–H groups in total. The van der Waals surface area contributed by atoms with Gasteiger partial charge in [-0.1, -0.05) is 6.92 Å². The number of carboxylic acid groups (broad SMARTS) is 2. The van der Waals surface area contributed by atoms with Gasteiger partial charge in [0.05, 0.1) is 101 Å². The zero-order valence-electron chi connectivity index (χ0n) is 53.0. The van der Waals surface area contributed by atoms with E-state index in [1.807, 2.05) is 0 Å². The molecule has 0 amide bonds. The summed E-state index contributed by atoms with van der Waals surface area (Å²) < 4.78 is 270. The van der Waals surface area contributed by atoms with Crippen LogP contribution in [0.15, 0.2) is 0 Å². The molecule has 0 aromatic rings. The third-order valence-electron chi connectivity index (χ3n) is 10.7. The Balaban J connectivity index is -0.0000000714. The molecule has 528 valence electrons. The second-order valence-corrected chi connectivity index (χ2v) is 24.4. The SMILES string of the molecule is COC1OC(COS(=O)(=O)[O-])CC(O)C1C.O.O.O.O.O=C([O-])C1CC(O)C(O)CO1.O=C([O-])C1CCOCC1OS(=O)(=O)[O-].O=S(=O)([O-])NC1COC(COS(=O)(=O)[O-])C(O)C1O.O=S(=O)([O-])NC1COC(COS(=O)(=O)[O-])CC1OS(=O)(=O)[O-].[Na+].[Na+].[Na+].[Na+].[Na+].[Na+].[Na+].[Na+].[Na+].[OH-]. The van der Waals surface area contributed by atoms with E-state index < -0.39 is 215 Å². The van der Waals surface area contributed by atoms with Gasteiger partial charge in [-0.05, 0) is 6.42 Å². The van der Waals surface area contributed by atoms with Crippen molar-refractivity contribution >= 4 is 84.5 Å². The Morgan fingerprint density at radius 3 is 1.30 bits per heavy atom. The van der Waals surface area contributed by atoms with Gasteiger partial charge in [-0.15, -0.1) is 0 Å². The van der Waals surface area contributed by atoms with Gasteiger partial charge < -0.3 is 133 Å². The number of aliphatic hydroxyl groups is 5. The number of carbonyl (C=O) groups excluding carboxylic acids is 2. The first-order valence-corrected chi connectivity index (χ1v) is 31.5. The van der Waals surface area contributed by atoms with Crippen molar-refractivity contribution < 1.29 is 479 Å². The molecule has 96 heavy (non-hydrogen) atoms. The maximum absolute atomic E-state index is 10.6. The second-order valence-electron chi connectivity index (χ2n) is 16.9. The van der Waals surface area contributed by atoms with Crippen LogP contribution in [0.25, 0.3) is 0 Å². The summed E-state index contributed by atoms with van der Waals surface area (Å²) in [5, 5.41) is 67.2. The molecule has 48 nitrogen and oxygen atoms in total. The van der Waals surface area contributed by atoms with Gasteiger partial charge in [0.1, 0.15) is 30.5 Å². The van der Waals surface area contributed by atoms with E-state index in [2.05, 4.69) is 25.7 Å². The summed E-state index contributed by atoms with van der Waals surface area (Å²) in [6.07, 6.45) is -14.3. The molecule has 0 radical (unpaired) electrons. The van der Waals surface area contributed by atoms with Gasteiger partial charge in [-0.2, -0.15) is 0 Å². The molecule has 5 heterocycles. The number of methoxy groups -OCH3 is 1. The zero-order valence-corrected chi connectivity index (χ0v) is 76.7. The van der Waals surface area contributed by atoms with Crippen LogP contribution in [0.4, 0.5) is 0 Å². The van der Waals surface area contributed by atoms with Crippen molar-refractivity contribution in [2.45, 2.75) is 118 Å². The number of hydrogen-bond donors (Lipinski definition) is 7. The summed E-state index contributed by atoms with van der Waals surface area (Å²) in [4.78, 5) is 20.7. The Morgan fingerprint density at radius 1 is 0.490 bits per heavy atom. The van der Waals surface area contributed by atoms with Gasteiger partial charge in [0, 0.05) is 50.8 Å². The fourth-order valence-electron chi connectivity index (χ4n) is 6.87. The minimum atomic E-state index is -5.24. The van der Waals surface area contributed by atoms with Crippen molar-refractivity contribution in [3.05, 3.63) is 0 Å². The van der Waals surface area contributed by atoms with Crippen LogP contribution in [0.5, 0.6) is 0 Å². The molecule has 0 bridgehead atoms. The molecule has 5 rings (SSSR count). The smallest absolute Gasteiger partial charge is 0.870 e. The predicted octanol–water partition coefficient (Wildman–Crippen LogP) is -43.8. The first kappa shape index (κ1) is 135. The maximum atomic E-state index is 10.6. The molecule has 0 saturated carbocycles. The molecule has 0 aliphatic carbocycles. The van der Waals surface area contributed by atoms with Crippen molar-refractivity contribution in [1.82, 2.24) is 9.44 Å². The van der Waals surface area contributed by atoms with Crippen LogP contribution >= 0.6 is 0 Å². The van der Waals surface area contributed by atoms with Crippen molar-refractivity contribution in [1.29, 1.82) is 0 Å². The Labute approximate surface area is 750 Å². The Morgan fingerprint density at radius 2 is 0.906 bits per heavy atom. The Kier molecular flexibility index (Phi) is 88.4. The standard InChI is InChI=1S/C8H16O7S.C6H13NO12S3.C6H13NO10S2.C6H10O7S.C6H10O5.9Na.5H2O/c1-5-7(9)3-6(15-8(5)13-2)4-14-16(10,11)12;8-20(9,10)7-5-3-17-4(2-18-21(11,12)13)1-6(5)19-22(14,15)16;8-5-3(7-18(10,11)12)1-16-4(6(5)9)2-17-19(13,14)15;7-6(8)4-1-2-12-3-5(4)13-14(9,10)11;7-3-1-5(6(9)10)11-2-4(3)8;;;;;;;;;;;;;;/h5-9H,3-4H2,1-2H3,(H,10,11,12);4-7H,1-3H2,(H,8,9,10)(H,11,12,13)(H,14,15,16);3-9H,1-2H2,(H,10,11,12)(H,13,14,15);4-5H,1-3H2,(H,7,8)(H,9,10,11);3-5,7-8H,1-2H2,(H,9,10);;;;;;;;;;5*1H2/q;;;;;9*+1;;;;;/p-10. The number of rotatable bonds is 20. The minimum Gasteiger partial charge on any atom is -0.870 e. The fourth-order valence-corrected chi connectivity index (χ4v) is 9.98. The van der Waals surface area contributed by atoms with Crippen molar-refractivity contribution in [2.24, 2.45) is 11.8 Å². The van der Waals surface area contributed by atoms with Gasteiger partial charge in [0.2, 0.25) is 52.0 Å². The molecule has 0 aromatic heterocycles. The molecule has 5 aliphatic rings. The number of carbonyl (C=O) groups is 2. The summed E-state index contributed by atoms with van der Waals surface area (Å²) in [5.41, 5.74) is 0. The van der Waals surface area contributed by atoms with E-state index >= 15 is 0 Å². The van der Waals surface area contributed by atoms with E-state index in [0.717, 1.165) is 0 Å². The first-order valence-electron chi connectivity index (χ1n) is 22.1. The topological polar surface area (TPSA) is 863 Å². The number of carboxylic acids is 2. The van der Waals surface area contributed by atoms with Crippen LogP contribution in [-0.4, -0.2) is 301 Å². The van der Waals surface area contributed by atoms with E-state index in [0.29, 0.717) is 0 Å². The largest absolute Gasteiger partial charge is 1.00 e. The van der Waals surface area contributed by atoms with Crippen molar-refractivity contribution in [2.75, 3.05) is 60.0 Å². The van der Waals surface area contributed by atoms with Gasteiger partial charge in [-0.3, -0.25) is 20.9 Å². The molecule has 16 unspecified atom stereocenters. The number of ether oxygens (including phenoxy) is 6. The Bertz CT molecular complexity index is 2850. The summed E-state index contributed by atoms with van der Waals surface area (Å²) in [7, 11) is -33.3. The summed E-state index contributed by atoms with van der Waals surface area (Å²) in [6.45, 7) is -1.64. The van der Waals surface area contributed by atoms with E-state index in [1.54, 1.807) is 6.92 Å². The van der Waals surface area contributed by atoms with Gasteiger partial charge in [0.25, 0.3) is 0 Å². The van der Waals surface area contributed by atoms with Crippen LogP contribution in [0.2, 0.25) is 0 Å². The number of nitrogens with one attached hydrogen (secondary N) is 2. The van der Waals surface area contributed by atoms with Crippen molar-refractivity contribution in [3.63, 3.8) is 0 Å². The van der Waals surface area contributed by atoms with Gasteiger partial charge in [0.15, 0.2) is 26.9 Å². The average molecular weight is 1640 g/mol. The normalized spacial score (nSPS) is 27.6. The van der Waals surface area contributed by atoms with Crippen LogP contribution in [-0.2, 0) is 132 Å². The molecule has 0 spiro atoms. The molecule has 5 aliphatic heterocycles. The quantitative estimate of drug-likeness (QED) is 0.0338. The monoisotopic (exact) mass is 1640 g/mol. The summed E-state index contributed by atoms with van der Waals surface area (Å²) in [6, 6.07) is -2.89. The van der Waals surface area contributed by atoms with Crippen LogP contribution in [0, 0.1) is 11.8 Å². The second kappa shape index (κ2) is 63.0. The summed E-state index contributed by atoms with van der Waals surface area (Å²) in [5.74, 6) is -4.13. The third kappa shape index (κ3) is 64.1. The fraction of sp³-hybridized carbons (Fsp3) is 0.938. The van der Waals surface area contributed by atoms with Crippen molar-refractivity contribution in [3.8, 4) is 0 Å². The number of aliphatic carboxylic acids is 2. The molecule has 0 aromatic carbocycles. The Hall–Kier alpha value is 6.39. The predicted molar refractivity (Wildman–Crippen MR) is 253 cm³/mol. The molecule has 5 fully saturated rings. The van der Waals surface area contributed by atoms with Gasteiger partial charge >= 0.3 is 266 Å². The van der Waals surface area contributed by atoms with E-state index in [1.165, 1.54) is 16.6 Å². The summed E-state index contributed by atoms with van der Waals surface area (Å²) >= 11 is 0. The number of aliphatic hydroxyl groups excluding tert-OH is 5. The van der Waals surface area contributed by atoms with Crippen LogP contribution in [0.3, 0.4) is 0 Å². The minimum absolute atomic E-state index is 0. The molecular formula is C32H62N2Na9O46S7-. The zero-order chi connectivity index (χ0) is 63.6. The average Bonchev–Trinajstić information content (AvgIpc) is 3.30. The van der Waals surface area contributed by atoms with Crippen LogP contribution in [0.1, 0.15) is 32.6 Å². The van der Waals surface area contributed by atoms with E-state index in [4.69, 9.17) is 33.9 Å². The van der Waals surface area contributed by atoms with Gasteiger partial charge in [-0.25, -0.2) is 68.4 Å². The number of hydrogen-bond acceptors (Lipinski definition) is 42. The van der Waals surface area contributed by atoms with Crippen LogP contribution < -0.4 is 286 Å². The third-order valence-corrected chi connectivity index (χ3v) is 14.1. The first-order chi connectivity index (χ1) is 37.1. The molecular weight excluding hydrogens is 1580 g/mol. The van der Waals surface area contributed by atoms with E-state index in [9.17, 15) is 126 Å². The van der Waals surface area contributed by atoms with E-state index in [-0.39, 0.29) is 338 Å².